The second-order valence-corrected chi connectivity index (χ2v) is 5.96. The van der Waals surface area contributed by atoms with Crippen molar-refractivity contribution in [3.8, 4) is 0 Å². The van der Waals surface area contributed by atoms with Gasteiger partial charge in [0.05, 0.1) is 24.6 Å². The molecule has 1 aliphatic rings. The van der Waals surface area contributed by atoms with Crippen LogP contribution in [0.4, 0.5) is 0 Å². The van der Waals surface area contributed by atoms with Gasteiger partial charge in [0.1, 0.15) is 0 Å². The lowest BCUT2D eigenvalue weighted by Gasteiger charge is -2.31. The fourth-order valence-electron chi connectivity index (χ4n) is 2.95. The first kappa shape index (κ1) is 14.9. The predicted molar refractivity (Wildman–Crippen MR) is 83.3 cm³/mol. The Kier molecular flexibility index (Phi) is 4.09. The SMILES string of the molecule is Cc1cc(CO)c2cccc(CC(=O)NC3CC(O)C3)c2n1. The van der Waals surface area contributed by atoms with Gasteiger partial charge in [0, 0.05) is 17.1 Å². The van der Waals surface area contributed by atoms with Crippen LogP contribution in [-0.4, -0.2) is 33.3 Å². The average Bonchev–Trinajstić information content (AvgIpc) is 2.45. The number of para-hydroxylation sites is 1. The second kappa shape index (κ2) is 6.02. The number of aliphatic hydroxyl groups is 2. The van der Waals surface area contributed by atoms with Crippen LogP contribution >= 0.6 is 0 Å². The van der Waals surface area contributed by atoms with Gasteiger partial charge in [0.2, 0.25) is 5.91 Å². The van der Waals surface area contributed by atoms with Gasteiger partial charge in [-0.3, -0.25) is 9.78 Å². The van der Waals surface area contributed by atoms with Crippen molar-refractivity contribution in [2.75, 3.05) is 0 Å². The van der Waals surface area contributed by atoms with Gasteiger partial charge in [-0.05, 0) is 37.0 Å². The zero-order chi connectivity index (χ0) is 15.7. The van der Waals surface area contributed by atoms with E-state index in [4.69, 9.17) is 0 Å². The lowest BCUT2D eigenvalue weighted by atomic mass is 9.89. The standard InChI is InChI=1S/C17H20N2O3/c1-10-5-12(9-20)15-4-2-3-11(17(15)18-10)6-16(22)19-13-7-14(21)8-13/h2-5,13-14,20-21H,6-9H2,1H3,(H,19,22). The quantitative estimate of drug-likeness (QED) is 0.793. The number of amides is 1. The van der Waals surface area contributed by atoms with E-state index in [-0.39, 0.29) is 31.1 Å². The summed E-state index contributed by atoms with van der Waals surface area (Å²) >= 11 is 0. The number of rotatable bonds is 4. The summed E-state index contributed by atoms with van der Waals surface area (Å²) in [7, 11) is 0. The first-order chi connectivity index (χ1) is 10.6. The first-order valence-corrected chi connectivity index (χ1v) is 7.53. The lowest BCUT2D eigenvalue weighted by Crippen LogP contribution is -2.47. The summed E-state index contributed by atoms with van der Waals surface area (Å²) in [5, 5.41) is 22.6. The normalized spacial score (nSPS) is 20.7. The Hall–Kier alpha value is -1.98. The summed E-state index contributed by atoms with van der Waals surface area (Å²) in [6.45, 7) is 1.83. The number of aliphatic hydroxyl groups excluding tert-OH is 2. The molecule has 0 bridgehead atoms. The zero-order valence-corrected chi connectivity index (χ0v) is 12.5. The summed E-state index contributed by atoms with van der Waals surface area (Å²) in [5.74, 6) is -0.0572. The van der Waals surface area contributed by atoms with E-state index in [1.54, 1.807) is 0 Å². The fraction of sp³-hybridized carbons (Fsp3) is 0.412. The number of aryl methyl sites for hydroxylation is 1. The third-order valence-corrected chi connectivity index (χ3v) is 4.14. The summed E-state index contributed by atoms with van der Waals surface area (Å²) in [4.78, 5) is 16.7. The molecule has 3 rings (SSSR count). The van der Waals surface area contributed by atoms with E-state index in [1.807, 2.05) is 31.2 Å². The Labute approximate surface area is 129 Å². The maximum absolute atomic E-state index is 12.1. The average molecular weight is 300 g/mol. The second-order valence-electron chi connectivity index (χ2n) is 5.96. The van der Waals surface area contributed by atoms with Crippen molar-refractivity contribution in [1.29, 1.82) is 0 Å². The van der Waals surface area contributed by atoms with E-state index in [0.29, 0.717) is 12.8 Å². The van der Waals surface area contributed by atoms with Gasteiger partial charge >= 0.3 is 0 Å². The van der Waals surface area contributed by atoms with Crippen LogP contribution in [0.2, 0.25) is 0 Å². The summed E-state index contributed by atoms with van der Waals surface area (Å²) < 4.78 is 0. The topological polar surface area (TPSA) is 82.5 Å². The van der Waals surface area contributed by atoms with Crippen LogP contribution in [0.5, 0.6) is 0 Å². The highest BCUT2D eigenvalue weighted by molar-refractivity contribution is 5.89. The minimum atomic E-state index is -0.278. The molecule has 0 radical (unpaired) electrons. The van der Waals surface area contributed by atoms with Crippen molar-refractivity contribution in [1.82, 2.24) is 10.3 Å². The Morgan fingerprint density at radius 1 is 1.36 bits per heavy atom. The summed E-state index contributed by atoms with van der Waals surface area (Å²) in [6.07, 6.45) is 1.24. The van der Waals surface area contributed by atoms with Gasteiger partial charge in [-0.1, -0.05) is 18.2 Å². The monoisotopic (exact) mass is 300 g/mol. The molecule has 5 heteroatoms. The van der Waals surface area contributed by atoms with E-state index in [1.165, 1.54) is 0 Å². The molecule has 0 unspecified atom stereocenters. The van der Waals surface area contributed by atoms with Gasteiger partial charge in [-0.25, -0.2) is 0 Å². The molecule has 0 aliphatic heterocycles. The third kappa shape index (κ3) is 2.96. The van der Waals surface area contributed by atoms with Crippen molar-refractivity contribution >= 4 is 16.8 Å². The molecule has 0 atom stereocenters. The molecular formula is C17H20N2O3. The molecule has 3 N–H and O–H groups in total. The molecule has 2 aromatic rings. The van der Waals surface area contributed by atoms with E-state index < -0.39 is 0 Å². The Bertz CT molecular complexity index is 708. The van der Waals surface area contributed by atoms with Crippen molar-refractivity contribution in [2.45, 2.75) is 44.9 Å². The van der Waals surface area contributed by atoms with E-state index in [2.05, 4.69) is 10.3 Å². The Morgan fingerprint density at radius 3 is 2.82 bits per heavy atom. The molecule has 22 heavy (non-hydrogen) atoms. The number of aromatic nitrogens is 1. The summed E-state index contributed by atoms with van der Waals surface area (Å²) in [6, 6.07) is 7.64. The van der Waals surface area contributed by atoms with Crippen LogP contribution in [0.3, 0.4) is 0 Å². The van der Waals surface area contributed by atoms with Gasteiger partial charge < -0.3 is 15.5 Å². The molecule has 0 saturated heterocycles. The van der Waals surface area contributed by atoms with Crippen LogP contribution in [0, 0.1) is 6.92 Å². The first-order valence-electron chi connectivity index (χ1n) is 7.53. The largest absolute Gasteiger partial charge is 0.393 e. The number of carbonyl (C=O) groups is 1. The number of carbonyl (C=O) groups excluding carboxylic acids is 1. The minimum Gasteiger partial charge on any atom is -0.393 e. The van der Waals surface area contributed by atoms with Crippen LogP contribution in [-0.2, 0) is 17.8 Å². The highest BCUT2D eigenvalue weighted by Crippen LogP contribution is 2.23. The maximum atomic E-state index is 12.1. The minimum absolute atomic E-state index is 0.0462. The molecule has 1 aromatic heterocycles. The maximum Gasteiger partial charge on any atom is 0.224 e. The van der Waals surface area contributed by atoms with E-state index in [9.17, 15) is 15.0 Å². The van der Waals surface area contributed by atoms with E-state index >= 15 is 0 Å². The number of nitrogens with zero attached hydrogens (tertiary/aromatic N) is 1. The molecule has 1 saturated carbocycles. The highest BCUT2D eigenvalue weighted by Gasteiger charge is 2.28. The van der Waals surface area contributed by atoms with Gasteiger partial charge in [-0.2, -0.15) is 0 Å². The number of hydrogen-bond donors (Lipinski definition) is 3. The van der Waals surface area contributed by atoms with Crippen LogP contribution in [0.15, 0.2) is 24.3 Å². The molecular weight excluding hydrogens is 280 g/mol. The molecule has 1 aromatic carbocycles. The zero-order valence-electron chi connectivity index (χ0n) is 12.5. The number of nitrogens with one attached hydrogen (secondary N) is 1. The predicted octanol–water partition coefficient (Wildman–Crippen LogP) is 1.22. The number of fused-ring (bicyclic) bond motifs is 1. The van der Waals surface area contributed by atoms with Crippen LogP contribution in [0.25, 0.3) is 10.9 Å². The van der Waals surface area contributed by atoms with Crippen molar-refractivity contribution in [3.63, 3.8) is 0 Å². The van der Waals surface area contributed by atoms with Gasteiger partial charge in [0.15, 0.2) is 0 Å². The van der Waals surface area contributed by atoms with Gasteiger partial charge in [0.25, 0.3) is 0 Å². The number of pyridine rings is 1. The van der Waals surface area contributed by atoms with Crippen molar-refractivity contribution in [2.24, 2.45) is 0 Å². The van der Waals surface area contributed by atoms with Gasteiger partial charge in [-0.15, -0.1) is 0 Å². The molecule has 5 nitrogen and oxygen atoms in total. The van der Waals surface area contributed by atoms with Crippen LogP contribution < -0.4 is 5.32 Å². The highest BCUT2D eigenvalue weighted by atomic mass is 16.3. The summed E-state index contributed by atoms with van der Waals surface area (Å²) in [5.41, 5.74) is 3.28. The molecule has 116 valence electrons. The van der Waals surface area contributed by atoms with Crippen LogP contribution in [0.1, 0.15) is 29.7 Å². The molecule has 1 amide bonds. The molecule has 1 aliphatic carbocycles. The third-order valence-electron chi connectivity index (χ3n) is 4.14. The number of benzene rings is 1. The number of hydrogen-bond acceptors (Lipinski definition) is 4. The smallest absolute Gasteiger partial charge is 0.224 e. The fourth-order valence-corrected chi connectivity index (χ4v) is 2.95. The van der Waals surface area contributed by atoms with Crippen molar-refractivity contribution in [3.05, 3.63) is 41.1 Å². The van der Waals surface area contributed by atoms with E-state index in [0.717, 1.165) is 27.7 Å². The molecule has 1 fully saturated rings. The van der Waals surface area contributed by atoms with Crippen molar-refractivity contribution < 1.29 is 15.0 Å². The molecule has 1 heterocycles. The lowest BCUT2D eigenvalue weighted by molar-refractivity contribution is -0.122. The molecule has 0 spiro atoms. The Balaban J connectivity index is 1.84. The Morgan fingerprint density at radius 2 is 2.14 bits per heavy atom.